The van der Waals surface area contributed by atoms with Crippen LogP contribution in [0.3, 0.4) is 0 Å². The average Bonchev–Trinajstić information content (AvgIpc) is 2.89. The third-order valence-corrected chi connectivity index (χ3v) is 5.73. The van der Waals surface area contributed by atoms with Gasteiger partial charge >= 0.3 is 0 Å². The Hall–Kier alpha value is -4.97. The SMILES string of the molecule is O=C(N/N=C/c1c(O)ccc2ccccc12)c1ccc(N=Cc2c(O)ccc3ccccc23)cc1. The van der Waals surface area contributed by atoms with E-state index in [-0.39, 0.29) is 17.4 Å². The number of hydrogen-bond donors (Lipinski definition) is 3. The van der Waals surface area contributed by atoms with Crippen LogP contribution in [0.5, 0.6) is 11.5 Å². The number of aromatic hydroxyl groups is 2. The molecular formula is C29H21N3O3. The van der Waals surface area contributed by atoms with E-state index >= 15 is 0 Å². The minimum Gasteiger partial charge on any atom is -0.507 e. The molecule has 5 rings (SSSR count). The van der Waals surface area contributed by atoms with Crippen molar-refractivity contribution in [1.29, 1.82) is 0 Å². The van der Waals surface area contributed by atoms with Gasteiger partial charge in [-0.1, -0.05) is 60.7 Å². The van der Waals surface area contributed by atoms with Crippen LogP contribution in [0.15, 0.2) is 107 Å². The third kappa shape index (κ3) is 4.58. The van der Waals surface area contributed by atoms with Crippen molar-refractivity contribution in [2.24, 2.45) is 10.1 Å². The van der Waals surface area contributed by atoms with E-state index in [1.54, 1.807) is 42.6 Å². The van der Waals surface area contributed by atoms with Gasteiger partial charge in [0.15, 0.2) is 0 Å². The summed E-state index contributed by atoms with van der Waals surface area (Å²) in [5.41, 5.74) is 4.71. The molecule has 0 aromatic heterocycles. The molecule has 35 heavy (non-hydrogen) atoms. The molecule has 6 heteroatoms. The summed E-state index contributed by atoms with van der Waals surface area (Å²) in [6.45, 7) is 0. The van der Waals surface area contributed by atoms with Gasteiger partial charge in [0.1, 0.15) is 11.5 Å². The molecule has 0 unspecified atom stereocenters. The fourth-order valence-electron chi connectivity index (χ4n) is 3.90. The van der Waals surface area contributed by atoms with Crippen LogP contribution >= 0.6 is 0 Å². The van der Waals surface area contributed by atoms with Gasteiger partial charge in [-0.3, -0.25) is 9.79 Å². The summed E-state index contributed by atoms with van der Waals surface area (Å²) in [7, 11) is 0. The Kier molecular flexibility index (Phi) is 5.92. The Labute approximate surface area is 201 Å². The number of carbonyl (C=O) groups excluding carboxylic acids is 1. The lowest BCUT2D eigenvalue weighted by atomic mass is 10.0. The van der Waals surface area contributed by atoms with Crippen molar-refractivity contribution in [2.75, 3.05) is 0 Å². The summed E-state index contributed by atoms with van der Waals surface area (Å²) >= 11 is 0. The second-order valence-electron chi connectivity index (χ2n) is 7.94. The van der Waals surface area contributed by atoms with Crippen molar-refractivity contribution in [3.63, 3.8) is 0 Å². The molecule has 5 aromatic rings. The lowest BCUT2D eigenvalue weighted by Gasteiger charge is -2.05. The van der Waals surface area contributed by atoms with E-state index in [0.29, 0.717) is 22.4 Å². The summed E-state index contributed by atoms with van der Waals surface area (Å²) in [6.07, 6.45) is 3.05. The Morgan fingerprint density at radius 3 is 1.80 bits per heavy atom. The van der Waals surface area contributed by atoms with Gasteiger partial charge in [0, 0.05) is 22.9 Å². The van der Waals surface area contributed by atoms with Crippen molar-refractivity contribution in [3.8, 4) is 11.5 Å². The number of phenolic OH excluding ortho intramolecular Hbond substituents is 2. The molecule has 0 aliphatic heterocycles. The van der Waals surface area contributed by atoms with Crippen LogP contribution < -0.4 is 5.43 Å². The first-order chi connectivity index (χ1) is 17.1. The Bertz CT molecular complexity index is 1610. The molecule has 0 atom stereocenters. The number of carbonyl (C=O) groups is 1. The number of amides is 1. The van der Waals surface area contributed by atoms with Crippen molar-refractivity contribution in [3.05, 3.63) is 114 Å². The highest BCUT2D eigenvalue weighted by atomic mass is 16.3. The van der Waals surface area contributed by atoms with Crippen molar-refractivity contribution >= 4 is 45.6 Å². The van der Waals surface area contributed by atoms with E-state index in [4.69, 9.17) is 0 Å². The first-order valence-corrected chi connectivity index (χ1v) is 11.0. The van der Waals surface area contributed by atoms with E-state index in [1.807, 2.05) is 60.7 Å². The van der Waals surface area contributed by atoms with Crippen LogP contribution in [0.25, 0.3) is 21.5 Å². The molecule has 6 nitrogen and oxygen atoms in total. The summed E-state index contributed by atoms with van der Waals surface area (Å²) in [5.74, 6) is -0.150. The van der Waals surface area contributed by atoms with Crippen molar-refractivity contribution in [2.45, 2.75) is 0 Å². The fraction of sp³-hybridized carbons (Fsp3) is 0. The van der Waals surface area contributed by atoms with Crippen LogP contribution in [0.4, 0.5) is 5.69 Å². The molecule has 0 heterocycles. The highest BCUT2D eigenvalue weighted by molar-refractivity contribution is 6.04. The highest BCUT2D eigenvalue weighted by Gasteiger charge is 2.07. The fourth-order valence-corrected chi connectivity index (χ4v) is 3.90. The van der Waals surface area contributed by atoms with Crippen molar-refractivity contribution < 1.29 is 15.0 Å². The summed E-state index contributed by atoms with van der Waals surface area (Å²) in [6, 6.07) is 29.1. The van der Waals surface area contributed by atoms with E-state index in [9.17, 15) is 15.0 Å². The minimum absolute atomic E-state index is 0.0844. The number of benzene rings is 5. The number of nitrogens with zero attached hydrogens (tertiary/aromatic N) is 2. The molecule has 5 aromatic carbocycles. The summed E-state index contributed by atoms with van der Waals surface area (Å²) in [4.78, 5) is 17.0. The average molecular weight is 460 g/mol. The van der Waals surface area contributed by atoms with E-state index < -0.39 is 0 Å². The number of hydrogen-bond acceptors (Lipinski definition) is 5. The molecule has 170 valence electrons. The maximum absolute atomic E-state index is 12.5. The lowest BCUT2D eigenvalue weighted by Crippen LogP contribution is -2.17. The van der Waals surface area contributed by atoms with Crippen LogP contribution in [0, 0.1) is 0 Å². The smallest absolute Gasteiger partial charge is 0.271 e. The number of rotatable bonds is 5. The molecule has 3 N–H and O–H groups in total. The van der Waals surface area contributed by atoms with E-state index in [2.05, 4.69) is 15.5 Å². The van der Waals surface area contributed by atoms with Gasteiger partial charge in [0.05, 0.1) is 11.9 Å². The van der Waals surface area contributed by atoms with Gasteiger partial charge < -0.3 is 10.2 Å². The molecule has 0 aliphatic rings. The second-order valence-corrected chi connectivity index (χ2v) is 7.94. The Balaban J connectivity index is 1.30. The topological polar surface area (TPSA) is 94.3 Å². The van der Waals surface area contributed by atoms with Crippen LogP contribution in [-0.4, -0.2) is 28.5 Å². The van der Waals surface area contributed by atoms with Crippen molar-refractivity contribution in [1.82, 2.24) is 5.43 Å². The van der Waals surface area contributed by atoms with Gasteiger partial charge in [-0.05, 0) is 57.9 Å². The van der Waals surface area contributed by atoms with Crippen LogP contribution in [0.2, 0.25) is 0 Å². The molecule has 0 saturated heterocycles. The van der Waals surface area contributed by atoms with Gasteiger partial charge in [0.25, 0.3) is 5.91 Å². The zero-order valence-electron chi connectivity index (χ0n) is 18.6. The zero-order valence-corrected chi connectivity index (χ0v) is 18.6. The Morgan fingerprint density at radius 2 is 1.20 bits per heavy atom. The predicted molar refractivity (Wildman–Crippen MR) is 140 cm³/mol. The molecular weight excluding hydrogens is 438 g/mol. The molecule has 0 aliphatic carbocycles. The van der Waals surface area contributed by atoms with E-state index in [0.717, 1.165) is 21.5 Å². The van der Waals surface area contributed by atoms with Crippen LogP contribution in [0.1, 0.15) is 21.5 Å². The van der Waals surface area contributed by atoms with Gasteiger partial charge in [0.2, 0.25) is 0 Å². The minimum atomic E-state index is -0.386. The third-order valence-electron chi connectivity index (χ3n) is 5.73. The van der Waals surface area contributed by atoms with Gasteiger partial charge in [-0.15, -0.1) is 0 Å². The molecule has 1 amide bonds. The highest BCUT2D eigenvalue weighted by Crippen LogP contribution is 2.27. The molecule has 0 radical (unpaired) electrons. The number of hydrazone groups is 1. The second kappa shape index (κ2) is 9.49. The number of fused-ring (bicyclic) bond motifs is 2. The normalized spacial score (nSPS) is 11.5. The number of aliphatic imine (C=N–C) groups is 1. The monoisotopic (exact) mass is 459 g/mol. The predicted octanol–water partition coefficient (Wildman–Crippen LogP) is 5.92. The molecule has 0 fully saturated rings. The quantitative estimate of drug-likeness (QED) is 0.225. The molecule has 0 saturated carbocycles. The number of phenols is 2. The molecule has 0 spiro atoms. The maximum Gasteiger partial charge on any atom is 0.271 e. The summed E-state index contributed by atoms with van der Waals surface area (Å²) < 4.78 is 0. The number of nitrogens with one attached hydrogen (secondary N) is 1. The van der Waals surface area contributed by atoms with E-state index in [1.165, 1.54) is 6.21 Å². The standard InChI is InChI=1S/C29H21N3O3/c33-27-15-11-19-5-1-3-7-23(19)25(27)17-30-22-13-9-21(10-14-22)29(35)32-31-18-26-24-8-4-2-6-20(24)12-16-28(26)34/h1-18,33-34H,(H,32,35)/b30-17?,31-18+. The first-order valence-electron chi connectivity index (χ1n) is 11.0. The zero-order chi connectivity index (χ0) is 24.2. The lowest BCUT2D eigenvalue weighted by molar-refractivity contribution is 0.0955. The largest absolute Gasteiger partial charge is 0.507 e. The maximum atomic E-state index is 12.5. The first kappa shape index (κ1) is 21.9. The Morgan fingerprint density at radius 1 is 0.657 bits per heavy atom. The van der Waals surface area contributed by atoms with Crippen LogP contribution in [-0.2, 0) is 0 Å². The van der Waals surface area contributed by atoms with Gasteiger partial charge in [-0.25, -0.2) is 5.43 Å². The summed E-state index contributed by atoms with van der Waals surface area (Å²) in [5, 5.41) is 28.2. The molecule has 0 bridgehead atoms. The van der Waals surface area contributed by atoms with Gasteiger partial charge in [-0.2, -0.15) is 5.10 Å².